The van der Waals surface area contributed by atoms with E-state index in [2.05, 4.69) is 15.6 Å². The minimum atomic E-state index is -0.618. The summed E-state index contributed by atoms with van der Waals surface area (Å²) in [6, 6.07) is 9.73. The van der Waals surface area contributed by atoms with Gasteiger partial charge in [-0.15, -0.1) is 0 Å². The molecule has 2 amide bonds. The van der Waals surface area contributed by atoms with E-state index in [1.165, 1.54) is 24.3 Å². The summed E-state index contributed by atoms with van der Waals surface area (Å²) in [7, 11) is 0. The van der Waals surface area contributed by atoms with Gasteiger partial charge in [0, 0.05) is 12.1 Å². The maximum atomic E-state index is 13.1. The second-order valence-electron chi connectivity index (χ2n) is 5.72. The zero-order valence-corrected chi connectivity index (χ0v) is 15.4. The molecule has 0 bridgehead atoms. The zero-order chi connectivity index (χ0) is 19.4. The third-order valence-corrected chi connectivity index (χ3v) is 5.08. The van der Waals surface area contributed by atoms with Crippen LogP contribution < -0.4 is 10.6 Å². The van der Waals surface area contributed by atoms with E-state index in [4.69, 9.17) is 11.6 Å². The molecule has 0 aromatic heterocycles. The van der Waals surface area contributed by atoms with E-state index >= 15 is 0 Å². The highest BCUT2D eigenvalue weighted by Gasteiger charge is 2.32. The molecule has 0 radical (unpaired) electrons. The van der Waals surface area contributed by atoms with Crippen LogP contribution in [0.2, 0.25) is 5.02 Å². The van der Waals surface area contributed by atoms with Crippen LogP contribution in [0.4, 0.5) is 14.5 Å². The average Bonchev–Trinajstić information content (AvgIpc) is 2.97. The molecule has 1 heterocycles. The molecular formula is C18H14ClF2N3O2S. The molecule has 140 valence electrons. The summed E-state index contributed by atoms with van der Waals surface area (Å²) >= 11 is 6.83. The highest BCUT2D eigenvalue weighted by molar-refractivity contribution is 8.15. The maximum absolute atomic E-state index is 13.1. The number of amides is 2. The van der Waals surface area contributed by atoms with Crippen molar-refractivity contribution in [1.29, 1.82) is 0 Å². The summed E-state index contributed by atoms with van der Waals surface area (Å²) in [4.78, 5) is 28.4. The summed E-state index contributed by atoms with van der Waals surface area (Å²) in [5, 5.41) is 4.89. The number of nitrogens with one attached hydrogen (secondary N) is 2. The van der Waals surface area contributed by atoms with Gasteiger partial charge in [-0.2, -0.15) is 0 Å². The van der Waals surface area contributed by atoms with Crippen LogP contribution in [0.15, 0.2) is 47.5 Å². The molecule has 9 heteroatoms. The maximum Gasteiger partial charge on any atom is 0.240 e. The second kappa shape index (κ2) is 8.49. The minimum Gasteiger partial charge on any atom is -0.326 e. The number of nitrogens with zero attached hydrogens (tertiary/aromatic N) is 1. The molecule has 0 spiro atoms. The zero-order valence-electron chi connectivity index (χ0n) is 13.8. The monoisotopic (exact) mass is 409 g/mol. The number of hydrogen-bond acceptors (Lipinski definition) is 4. The first-order valence-corrected chi connectivity index (χ1v) is 9.18. The van der Waals surface area contributed by atoms with Gasteiger partial charge in [-0.05, 0) is 35.9 Å². The Morgan fingerprint density at radius 3 is 2.67 bits per heavy atom. The largest absolute Gasteiger partial charge is 0.326 e. The summed E-state index contributed by atoms with van der Waals surface area (Å²) in [6.45, 7) is 0.288. The fraction of sp³-hybridized carbons (Fsp3) is 0.167. The number of amidine groups is 1. The van der Waals surface area contributed by atoms with Crippen molar-refractivity contribution in [2.24, 2.45) is 4.99 Å². The Morgan fingerprint density at radius 2 is 1.96 bits per heavy atom. The first-order chi connectivity index (χ1) is 12.9. The van der Waals surface area contributed by atoms with Crippen LogP contribution in [0, 0.1) is 11.6 Å². The van der Waals surface area contributed by atoms with E-state index in [1.54, 1.807) is 12.1 Å². The normalized spacial score (nSPS) is 17.8. The third kappa shape index (κ3) is 5.27. The fourth-order valence-electron chi connectivity index (χ4n) is 2.32. The van der Waals surface area contributed by atoms with E-state index in [0.29, 0.717) is 10.9 Å². The van der Waals surface area contributed by atoms with Crippen molar-refractivity contribution in [2.45, 2.75) is 18.2 Å². The second-order valence-corrected chi connectivity index (χ2v) is 7.32. The number of rotatable bonds is 5. The lowest BCUT2D eigenvalue weighted by atomic mass is 10.2. The molecule has 2 aromatic carbocycles. The van der Waals surface area contributed by atoms with Crippen LogP contribution in [0.25, 0.3) is 0 Å². The van der Waals surface area contributed by atoms with Crippen LogP contribution in [-0.4, -0.2) is 22.2 Å². The summed E-state index contributed by atoms with van der Waals surface area (Å²) in [5.74, 6) is -1.62. The van der Waals surface area contributed by atoms with Crippen LogP contribution >= 0.6 is 23.4 Å². The SMILES string of the molecule is O=C(C[C@@H]1SC(=NCc2ccc(F)cc2)NC1=O)Nc1ccc(F)c(Cl)c1. The summed E-state index contributed by atoms with van der Waals surface area (Å²) in [6.07, 6.45) is -0.0684. The van der Waals surface area contributed by atoms with Crippen molar-refractivity contribution in [3.63, 3.8) is 0 Å². The molecule has 0 aliphatic carbocycles. The fourth-order valence-corrected chi connectivity index (χ4v) is 3.47. The number of halogens is 3. The van der Waals surface area contributed by atoms with Crippen molar-refractivity contribution >= 4 is 46.0 Å². The standard InChI is InChI=1S/C18H14ClF2N3O2S/c19-13-7-12(5-6-14(13)21)23-16(25)8-15-17(26)24-18(27-15)22-9-10-1-3-11(20)4-2-10/h1-7,15H,8-9H2,(H,23,25)(H,22,24,26)/t15-/m0/s1. The molecule has 1 fully saturated rings. The van der Waals surface area contributed by atoms with Crippen molar-refractivity contribution in [3.8, 4) is 0 Å². The number of aliphatic imine (C=N–C) groups is 1. The Bertz CT molecular complexity index is 906. The molecule has 2 N–H and O–H groups in total. The highest BCUT2D eigenvalue weighted by Crippen LogP contribution is 2.24. The number of carbonyl (C=O) groups excluding carboxylic acids is 2. The topological polar surface area (TPSA) is 70.6 Å². The average molecular weight is 410 g/mol. The number of benzene rings is 2. The predicted octanol–water partition coefficient (Wildman–Crippen LogP) is 3.73. The number of carbonyl (C=O) groups is 2. The van der Waals surface area contributed by atoms with Gasteiger partial charge in [0.1, 0.15) is 16.9 Å². The van der Waals surface area contributed by atoms with E-state index in [9.17, 15) is 18.4 Å². The summed E-state index contributed by atoms with van der Waals surface area (Å²) < 4.78 is 26.0. The molecule has 5 nitrogen and oxygen atoms in total. The highest BCUT2D eigenvalue weighted by atomic mass is 35.5. The smallest absolute Gasteiger partial charge is 0.240 e. The third-order valence-electron chi connectivity index (χ3n) is 3.67. The molecule has 1 aliphatic heterocycles. The first-order valence-electron chi connectivity index (χ1n) is 7.92. The van der Waals surface area contributed by atoms with Gasteiger partial charge >= 0.3 is 0 Å². The van der Waals surface area contributed by atoms with Gasteiger partial charge in [-0.1, -0.05) is 35.5 Å². The van der Waals surface area contributed by atoms with Crippen LogP contribution in [0.1, 0.15) is 12.0 Å². The summed E-state index contributed by atoms with van der Waals surface area (Å²) in [5.41, 5.74) is 1.15. The van der Waals surface area contributed by atoms with Gasteiger partial charge in [0.2, 0.25) is 11.8 Å². The van der Waals surface area contributed by atoms with Crippen LogP contribution in [-0.2, 0) is 16.1 Å². The van der Waals surface area contributed by atoms with E-state index in [-0.39, 0.29) is 29.7 Å². The molecule has 1 aliphatic rings. The van der Waals surface area contributed by atoms with Crippen LogP contribution in [0.3, 0.4) is 0 Å². The Labute approximate surface area is 163 Å². The molecule has 27 heavy (non-hydrogen) atoms. The Hall–Kier alpha value is -2.45. The predicted molar refractivity (Wildman–Crippen MR) is 102 cm³/mol. The lowest BCUT2D eigenvalue weighted by Gasteiger charge is -2.08. The number of anilines is 1. The molecular weight excluding hydrogens is 396 g/mol. The molecule has 3 rings (SSSR count). The van der Waals surface area contributed by atoms with Gasteiger partial charge in [-0.25, -0.2) is 8.78 Å². The number of thioether (sulfide) groups is 1. The van der Waals surface area contributed by atoms with Gasteiger partial charge < -0.3 is 10.6 Å². The van der Waals surface area contributed by atoms with Crippen LogP contribution in [0.5, 0.6) is 0 Å². The van der Waals surface area contributed by atoms with Gasteiger partial charge in [0.25, 0.3) is 0 Å². The Balaban J connectivity index is 1.55. The Morgan fingerprint density at radius 1 is 1.22 bits per heavy atom. The van der Waals surface area contributed by atoms with E-state index < -0.39 is 17.0 Å². The van der Waals surface area contributed by atoms with Crippen molar-refractivity contribution < 1.29 is 18.4 Å². The molecule has 0 saturated carbocycles. The molecule has 0 unspecified atom stereocenters. The first kappa shape index (κ1) is 19.3. The number of hydrogen-bond donors (Lipinski definition) is 2. The molecule has 1 saturated heterocycles. The minimum absolute atomic E-state index is 0.0684. The quantitative estimate of drug-likeness (QED) is 0.790. The lowest BCUT2D eigenvalue weighted by Crippen LogP contribution is -2.28. The molecule has 2 aromatic rings. The Kier molecular flexibility index (Phi) is 6.08. The van der Waals surface area contributed by atoms with E-state index in [1.807, 2.05) is 0 Å². The van der Waals surface area contributed by atoms with E-state index in [0.717, 1.165) is 23.4 Å². The van der Waals surface area contributed by atoms with Crippen molar-refractivity contribution in [3.05, 3.63) is 64.7 Å². The van der Waals surface area contributed by atoms with Crippen molar-refractivity contribution in [2.75, 3.05) is 5.32 Å². The van der Waals surface area contributed by atoms with Gasteiger partial charge in [0.05, 0.1) is 11.6 Å². The van der Waals surface area contributed by atoms with Gasteiger partial charge in [-0.3, -0.25) is 14.6 Å². The lowest BCUT2D eigenvalue weighted by molar-refractivity contribution is -0.122. The molecule has 1 atom stereocenters. The van der Waals surface area contributed by atoms with Gasteiger partial charge in [0.15, 0.2) is 5.17 Å². The van der Waals surface area contributed by atoms with Crippen molar-refractivity contribution in [1.82, 2.24) is 5.32 Å².